The highest BCUT2D eigenvalue weighted by Crippen LogP contribution is 2.31. The van der Waals surface area contributed by atoms with Crippen molar-refractivity contribution in [3.8, 4) is 11.5 Å². The van der Waals surface area contributed by atoms with Gasteiger partial charge in [0.25, 0.3) is 0 Å². The van der Waals surface area contributed by atoms with E-state index in [1.165, 1.54) is 33.3 Å². The standard InChI is InChI=1S/C16H14F2O3/c1-9-7-8-10(15(18)14(9)17)16(19)13-11(20-2)5-4-6-12(13)21-3/h4-8H,1-3H3. The van der Waals surface area contributed by atoms with Gasteiger partial charge in [0.15, 0.2) is 11.6 Å². The molecule has 0 bridgehead atoms. The van der Waals surface area contributed by atoms with Gasteiger partial charge in [-0.3, -0.25) is 4.79 Å². The van der Waals surface area contributed by atoms with Crippen LogP contribution in [-0.2, 0) is 0 Å². The molecule has 5 heteroatoms. The molecule has 3 nitrogen and oxygen atoms in total. The Kier molecular flexibility index (Phi) is 4.21. The van der Waals surface area contributed by atoms with Crippen LogP contribution in [0, 0.1) is 18.6 Å². The minimum atomic E-state index is -1.17. The van der Waals surface area contributed by atoms with Crippen LogP contribution in [0.25, 0.3) is 0 Å². The Morgan fingerprint density at radius 1 is 0.952 bits per heavy atom. The maximum absolute atomic E-state index is 14.0. The number of carbonyl (C=O) groups excluding carboxylic acids is 1. The molecule has 0 fully saturated rings. The highest BCUT2D eigenvalue weighted by atomic mass is 19.2. The third kappa shape index (κ3) is 2.59. The lowest BCUT2D eigenvalue weighted by atomic mass is 9.99. The number of rotatable bonds is 4. The van der Waals surface area contributed by atoms with Crippen LogP contribution in [0.4, 0.5) is 8.78 Å². The minimum Gasteiger partial charge on any atom is -0.496 e. The maximum atomic E-state index is 14.0. The Hall–Kier alpha value is -2.43. The maximum Gasteiger partial charge on any atom is 0.203 e. The molecule has 0 aliphatic rings. The van der Waals surface area contributed by atoms with E-state index in [9.17, 15) is 13.6 Å². The SMILES string of the molecule is COc1cccc(OC)c1C(=O)c1ccc(C)c(F)c1F. The topological polar surface area (TPSA) is 35.5 Å². The number of ketones is 1. The van der Waals surface area contributed by atoms with Crippen molar-refractivity contribution in [3.05, 3.63) is 58.7 Å². The van der Waals surface area contributed by atoms with Crippen molar-refractivity contribution in [2.24, 2.45) is 0 Å². The molecule has 0 aliphatic carbocycles. The van der Waals surface area contributed by atoms with E-state index < -0.39 is 17.4 Å². The Balaban J connectivity index is 2.63. The molecule has 0 radical (unpaired) electrons. The summed E-state index contributed by atoms with van der Waals surface area (Å²) < 4.78 is 37.8. The minimum absolute atomic E-state index is 0.0599. The first-order valence-electron chi connectivity index (χ1n) is 6.21. The first kappa shape index (κ1) is 15.0. The molecule has 2 aromatic rings. The lowest BCUT2D eigenvalue weighted by Crippen LogP contribution is -2.10. The van der Waals surface area contributed by atoms with Gasteiger partial charge in [-0.05, 0) is 30.7 Å². The third-order valence-electron chi connectivity index (χ3n) is 3.17. The molecule has 2 aromatic carbocycles. The van der Waals surface area contributed by atoms with Crippen molar-refractivity contribution in [2.75, 3.05) is 14.2 Å². The highest BCUT2D eigenvalue weighted by Gasteiger charge is 2.24. The molecule has 0 atom stereocenters. The van der Waals surface area contributed by atoms with Crippen molar-refractivity contribution in [3.63, 3.8) is 0 Å². The van der Waals surface area contributed by atoms with E-state index in [0.29, 0.717) is 0 Å². The Bertz CT molecular complexity index is 674. The van der Waals surface area contributed by atoms with Gasteiger partial charge in [-0.25, -0.2) is 8.78 Å². The summed E-state index contributed by atoms with van der Waals surface area (Å²) in [6.45, 7) is 1.43. The van der Waals surface area contributed by atoms with E-state index >= 15 is 0 Å². The molecule has 0 aromatic heterocycles. The van der Waals surface area contributed by atoms with Crippen LogP contribution in [0.2, 0.25) is 0 Å². The summed E-state index contributed by atoms with van der Waals surface area (Å²) in [6, 6.07) is 7.35. The van der Waals surface area contributed by atoms with Crippen LogP contribution in [0.15, 0.2) is 30.3 Å². The summed E-state index contributed by atoms with van der Waals surface area (Å²) in [4.78, 5) is 12.5. The largest absolute Gasteiger partial charge is 0.496 e. The van der Waals surface area contributed by atoms with Gasteiger partial charge in [0.2, 0.25) is 5.78 Å². The van der Waals surface area contributed by atoms with Crippen LogP contribution >= 0.6 is 0 Å². The van der Waals surface area contributed by atoms with Gasteiger partial charge in [0.05, 0.1) is 19.8 Å². The monoisotopic (exact) mass is 292 g/mol. The van der Waals surface area contributed by atoms with Gasteiger partial charge in [-0.2, -0.15) is 0 Å². The van der Waals surface area contributed by atoms with Crippen LogP contribution in [0.3, 0.4) is 0 Å². The number of halogens is 2. The molecule has 21 heavy (non-hydrogen) atoms. The fourth-order valence-corrected chi connectivity index (χ4v) is 2.03. The van der Waals surface area contributed by atoms with Crippen LogP contribution in [-0.4, -0.2) is 20.0 Å². The normalized spacial score (nSPS) is 10.3. The molecule has 0 heterocycles. The summed E-state index contributed by atoms with van der Waals surface area (Å²) in [5.41, 5.74) is -0.165. The van der Waals surface area contributed by atoms with Crippen molar-refractivity contribution >= 4 is 5.78 Å². The summed E-state index contributed by atoms with van der Waals surface area (Å²) in [5, 5.41) is 0. The van der Waals surface area contributed by atoms with Gasteiger partial charge in [-0.15, -0.1) is 0 Å². The molecule has 0 N–H and O–H groups in total. The molecule has 0 saturated heterocycles. The molecule has 2 rings (SSSR count). The zero-order chi connectivity index (χ0) is 15.6. The van der Waals surface area contributed by atoms with Crippen LogP contribution in [0.5, 0.6) is 11.5 Å². The summed E-state index contributed by atoms with van der Waals surface area (Å²) in [7, 11) is 2.77. The number of carbonyl (C=O) groups is 1. The molecule has 0 spiro atoms. The van der Waals surface area contributed by atoms with Gasteiger partial charge < -0.3 is 9.47 Å². The lowest BCUT2D eigenvalue weighted by molar-refractivity contribution is 0.102. The first-order valence-corrected chi connectivity index (χ1v) is 6.21. The molecular weight excluding hydrogens is 278 g/mol. The number of hydrogen-bond donors (Lipinski definition) is 0. The zero-order valence-electron chi connectivity index (χ0n) is 11.9. The number of ether oxygens (including phenoxy) is 2. The quantitative estimate of drug-likeness (QED) is 0.809. The molecule has 0 unspecified atom stereocenters. The molecule has 0 amide bonds. The number of methoxy groups -OCH3 is 2. The fourth-order valence-electron chi connectivity index (χ4n) is 2.03. The zero-order valence-corrected chi connectivity index (χ0v) is 11.9. The van der Waals surface area contributed by atoms with Gasteiger partial charge in [-0.1, -0.05) is 12.1 Å². The van der Waals surface area contributed by atoms with Crippen LogP contribution in [0.1, 0.15) is 21.5 Å². The van der Waals surface area contributed by atoms with E-state index in [2.05, 4.69) is 0 Å². The fraction of sp³-hybridized carbons (Fsp3) is 0.188. The van der Waals surface area contributed by atoms with E-state index in [1.54, 1.807) is 18.2 Å². The molecule has 110 valence electrons. The third-order valence-corrected chi connectivity index (χ3v) is 3.17. The highest BCUT2D eigenvalue weighted by molar-refractivity contribution is 6.12. The number of benzene rings is 2. The lowest BCUT2D eigenvalue weighted by Gasteiger charge is -2.13. The van der Waals surface area contributed by atoms with Crippen molar-refractivity contribution < 1.29 is 23.0 Å². The van der Waals surface area contributed by atoms with E-state index in [4.69, 9.17) is 9.47 Å². The van der Waals surface area contributed by atoms with Gasteiger partial charge in [0, 0.05) is 0 Å². The summed E-state index contributed by atoms with van der Waals surface area (Å²) in [5.74, 6) is -2.43. The molecular formula is C16H14F2O3. The second-order valence-corrected chi connectivity index (χ2v) is 4.42. The molecule has 0 aliphatic heterocycles. The van der Waals surface area contributed by atoms with Gasteiger partial charge >= 0.3 is 0 Å². The second-order valence-electron chi connectivity index (χ2n) is 4.42. The number of hydrogen-bond acceptors (Lipinski definition) is 3. The van der Waals surface area contributed by atoms with Gasteiger partial charge in [0.1, 0.15) is 17.1 Å². The summed E-state index contributed by atoms with van der Waals surface area (Å²) >= 11 is 0. The average Bonchev–Trinajstić information content (AvgIpc) is 2.51. The van der Waals surface area contributed by atoms with Crippen molar-refractivity contribution in [1.29, 1.82) is 0 Å². The predicted octanol–water partition coefficient (Wildman–Crippen LogP) is 3.52. The Labute approximate surface area is 121 Å². The van der Waals surface area contributed by atoms with E-state index in [1.807, 2.05) is 0 Å². The van der Waals surface area contributed by atoms with E-state index in [0.717, 1.165) is 0 Å². The smallest absolute Gasteiger partial charge is 0.203 e. The first-order chi connectivity index (χ1) is 10.0. The molecule has 0 saturated carbocycles. The van der Waals surface area contributed by atoms with Crippen molar-refractivity contribution in [2.45, 2.75) is 6.92 Å². The van der Waals surface area contributed by atoms with Crippen LogP contribution < -0.4 is 9.47 Å². The Morgan fingerprint density at radius 2 is 1.52 bits per heavy atom. The van der Waals surface area contributed by atoms with Crippen molar-refractivity contribution in [1.82, 2.24) is 0 Å². The van der Waals surface area contributed by atoms with E-state index in [-0.39, 0.29) is 28.2 Å². The number of aryl methyl sites for hydroxylation is 1. The predicted molar refractivity (Wildman–Crippen MR) is 74.1 cm³/mol. The summed E-state index contributed by atoms with van der Waals surface area (Å²) in [6.07, 6.45) is 0. The Morgan fingerprint density at radius 3 is 2.05 bits per heavy atom. The average molecular weight is 292 g/mol. The second kappa shape index (κ2) is 5.91.